The molecule has 0 radical (unpaired) electrons. The van der Waals surface area contributed by atoms with Gasteiger partial charge in [0.15, 0.2) is 11.5 Å². The molecule has 46 heavy (non-hydrogen) atoms. The maximum absolute atomic E-state index is 13.7. The molecule has 3 amide bonds. The molecule has 4 aromatic rings. The molecule has 14 nitrogen and oxygen atoms in total. The molecule has 1 aliphatic rings. The van der Waals surface area contributed by atoms with E-state index in [2.05, 4.69) is 31.1 Å². The highest BCUT2D eigenvalue weighted by Crippen LogP contribution is 2.31. The molecule has 2 bridgehead atoms. The van der Waals surface area contributed by atoms with Crippen LogP contribution in [0.2, 0.25) is 0 Å². The summed E-state index contributed by atoms with van der Waals surface area (Å²) in [7, 11) is 1.51. The number of hydrogen-bond acceptors (Lipinski definition) is 11. The molecule has 0 unspecified atom stereocenters. The zero-order valence-electron chi connectivity index (χ0n) is 25.7. The van der Waals surface area contributed by atoms with Gasteiger partial charge in [0.1, 0.15) is 6.04 Å². The van der Waals surface area contributed by atoms with E-state index < -0.39 is 11.9 Å². The molecule has 0 saturated carbocycles. The van der Waals surface area contributed by atoms with E-state index >= 15 is 0 Å². The van der Waals surface area contributed by atoms with Crippen LogP contribution in [0.4, 0.5) is 0 Å². The first-order valence-electron chi connectivity index (χ1n) is 14.9. The number of aryl methyl sites for hydroxylation is 2. The maximum atomic E-state index is 13.7. The van der Waals surface area contributed by atoms with Crippen LogP contribution in [-0.4, -0.2) is 93.0 Å². The molecular formula is C31H36N8O6S. The van der Waals surface area contributed by atoms with Gasteiger partial charge in [0, 0.05) is 58.6 Å². The molecule has 2 N–H and O–H groups in total. The lowest BCUT2D eigenvalue weighted by Crippen LogP contribution is -2.50. The minimum Gasteiger partial charge on any atom is -0.493 e. The molecule has 0 saturated heterocycles. The number of carbonyl (C=O) groups excluding carboxylic acids is 3. The monoisotopic (exact) mass is 648 g/mol. The molecule has 15 heteroatoms. The number of nitrogens with zero attached hydrogens (tertiary/aromatic N) is 6. The molecule has 1 atom stereocenters. The molecule has 0 spiro atoms. The number of nitrogens with one attached hydrogen (secondary N) is 2. The molecule has 0 aliphatic carbocycles. The number of carbonyl (C=O) groups is 3. The largest absolute Gasteiger partial charge is 0.493 e. The van der Waals surface area contributed by atoms with Gasteiger partial charge in [0.25, 0.3) is 11.1 Å². The van der Waals surface area contributed by atoms with Crippen molar-refractivity contribution in [2.24, 2.45) is 0 Å². The third-order valence-corrected chi connectivity index (χ3v) is 8.01. The fourth-order valence-electron chi connectivity index (χ4n) is 4.86. The van der Waals surface area contributed by atoms with Gasteiger partial charge in [-0.25, -0.2) is 0 Å². The van der Waals surface area contributed by atoms with E-state index in [4.69, 9.17) is 13.9 Å². The first-order valence-corrected chi connectivity index (χ1v) is 15.9. The second-order valence-corrected chi connectivity index (χ2v) is 11.5. The van der Waals surface area contributed by atoms with Gasteiger partial charge in [0.2, 0.25) is 17.7 Å². The first kappa shape index (κ1) is 32.5. The topological polar surface area (TPSA) is 167 Å². The number of methoxy groups -OCH3 is 1. The van der Waals surface area contributed by atoms with E-state index in [1.54, 1.807) is 34.7 Å². The SMILES string of the molecule is COc1cccc2c1OCCCn1cc(nn1)CCN(C(=O)CSc1nnc(C)o1)CCNC(=O)[C@H](Cc1ccccc1)NC2=O. The lowest BCUT2D eigenvalue weighted by atomic mass is 10.0. The van der Waals surface area contributed by atoms with Crippen LogP contribution in [0.25, 0.3) is 0 Å². The van der Waals surface area contributed by atoms with Crippen LogP contribution >= 0.6 is 11.8 Å². The predicted molar refractivity (Wildman–Crippen MR) is 168 cm³/mol. The van der Waals surface area contributed by atoms with Crippen molar-refractivity contribution in [3.8, 4) is 11.5 Å². The number of para-hydroxylation sites is 1. The molecule has 3 heterocycles. The van der Waals surface area contributed by atoms with Gasteiger partial charge in [0.05, 0.1) is 30.7 Å². The molecule has 1 aliphatic heterocycles. The fourth-order valence-corrected chi connectivity index (χ4v) is 5.57. The fraction of sp³-hybridized carbons (Fsp3) is 0.387. The van der Waals surface area contributed by atoms with E-state index in [0.29, 0.717) is 48.5 Å². The van der Waals surface area contributed by atoms with Crippen molar-refractivity contribution in [1.29, 1.82) is 0 Å². The highest BCUT2D eigenvalue weighted by molar-refractivity contribution is 7.99. The van der Waals surface area contributed by atoms with E-state index in [-0.39, 0.29) is 49.2 Å². The Morgan fingerprint density at radius 3 is 2.70 bits per heavy atom. The number of ether oxygens (including phenoxy) is 2. The van der Waals surface area contributed by atoms with E-state index in [0.717, 1.165) is 23.0 Å². The van der Waals surface area contributed by atoms with Crippen LogP contribution in [0.15, 0.2) is 64.4 Å². The van der Waals surface area contributed by atoms with Gasteiger partial charge in [-0.05, 0) is 17.7 Å². The van der Waals surface area contributed by atoms with Crippen LogP contribution in [0.3, 0.4) is 0 Å². The van der Waals surface area contributed by atoms with Crippen molar-refractivity contribution < 1.29 is 28.3 Å². The Bertz CT molecular complexity index is 1630. The average molecular weight is 649 g/mol. The smallest absolute Gasteiger partial charge is 0.277 e. The summed E-state index contributed by atoms with van der Waals surface area (Å²) in [6.45, 7) is 3.26. The van der Waals surface area contributed by atoms with Crippen molar-refractivity contribution >= 4 is 29.5 Å². The van der Waals surface area contributed by atoms with Crippen LogP contribution in [0.1, 0.15) is 33.9 Å². The van der Waals surface area contributed by atoms with E-state index in [1.807, 2.05) is 36.5 Å². The summed E-state index contributed by atoms with van der Waals surface area (Å²) in [5, 5.41) is 22.3. The number of rotatable bonds is 6. The normalized spacial score (nSPS) is 16.6. The van der Waals surface area contributed by atoms with Crippen molar-refractivity contribution in [3.05, 3.63) is 77.4 Å². The van der Waals surface area contributed by atoms with Crippen molar-refractivity contribution in [3.63, 3.8) is 0 Å². The lowest BCUT2D eigenvalue weighted by molar-refractivity contribution is -0.129. The molecule has 242 valence electrons. The minimum absolute atomic E-state index is 0.0812. The Kier molecular flexibility index (Phi) is 11.2. The lowest BCUT2D eigenvalue weighted by Gasteiger charge is -2.24. The van der Waals surface area contributed by atoms with Crippen molar-refractivity contribution in [2.75, 3.05) is 39.1 Å². The van der Waals surface area contributed by atoms with Crippen LogP contribution in [0.5, 0.6) is 11.5 Å². The summed E-state index contributed by atoms with van der Waals surface area (Å²) in [4.78, 5) is 42.2. The number of fused-ring (bicyclic) bond motifs is 3. The van der Waals surface area contributed by atoms with Gasteiger partial charge < -0.3 is 29.4 Å². The average Bonchev–Trinajstić information content (AvgIpc) is 3.71. The third-order valence-electron chi connectivity index (χ3n) is 7.21. The van der Waals surface area contributed by atoms with Crippen molar-refractivity contribution in [2.45, 2.75) is 44.0 Å². The standard InChI is InChI=1S/C31H36N8O6S/c1-21-34-36-31(45-21)46-20-27(40)38-15-12-23-19-39(37-35-23)14-7-17-44-28-24(10-6-11-26(28)43-2)29(41)33-25(30(42)32-13-16-38)18-22-8-4-3-5-9-22/h3-6,8-11,19,25H,7,12-18,20H2,1-2H3,(H,32,42)(H,33,41)/t25-/m0/s1. The van der Waals surface area contributed by atoms with Gasteiger partial charge in [-0.1, -0.05) is 53.4 Å². The minimum atomic E-state index is -0.898. The molecular weight excluding hydrogens is 612 g/mol. The summed E-state index contributed by atoms with van der Waals surface area (Å²) in [6.07, 6.45) is 3.15. The quantitative estimate of drug-likeness (QED) is 0.294. The number of aromatic nitrogens is 5. The summed E-state index contributed by atoms with van der Waals surface area (Å²) >= 11 is 1.15. The molecule has 2 aromatic heterocycles. The Morgan fingerprint density at radius 1 is 1.07 bits per heavy atom. The second kappa shape index (κ2) is 15.9. The Hall–Kier alpha value is -4.92. The van der Waals surface area contributed by atoms with E-state index in [1.165, 1.54) is 7.11 Å². The van der Waals surface area contributed by atoms with Crippen molar-refractivity contribution in [1.82, 2.24) is 40.7 Å². The number of hydrogen-bond donors (Lipinski definition) is 2. The summed E-state index contributed by atoms with van der Waals surface area (Å²) in [5.41, 5.74) is 1.85. The molecule has 5 rings (SSSR count). The Balaban J connectivity index is 1.37. The number of benzene rings is 2. The zero-order valence-corrected chi connectivity index (χ0v) is 26.5. The predicted octanol–water partition coefficient (Wildman–Crippen LogP) is 2.08. The summed E-state index contributed by atoms with van der Waals surface area (Å²) in [6, 6.07) is 13.6. The first-order chi connectivity index (χ1) is 22.4. The second-order valence-electron chi connectivity index (χ2n) is 10.5. The maximum Gasteiger partial charge on any atom is 0.277 e. The number of amides is 3. The highest BCUT2D eigenvalue weighted by Gasteiger charge is 2.26. The summed E-state index contributed by atoms with van der Waals surface area (Å²) < 4.78 is 18.7. The van der Waals surface area contributed by atoms with Gasteiger partial charge in [-0.15, -0.1) is 15.3 Å². The summed E-state index contributed by atoms with van der Waals surface area (Å²) in [5.74, 6) is 0.173. The number of thioether (sulfide) groups is 1. The molecule has 2 aromatic carbocycles. The molecule has 0 fully saturated rings. The van der Waals surface area contributed by atoms with Gasteiger partial charge in [-0.2, -0.15) is 0 Å². The Labute approximate surface area is 270 Å². The van der Waals surface area contributed by atoms with Gasteiger partial charge >= 0.3 is 0 Å². The zero-order chi connectivity index (χ0) is 32.3. The van der Waals surface area contributed by atoms with Gasteiger partial charge in [-0.3, -0.25) is 19.1 Å². The van der Waals surface area contributed by atoms with Crippen LogP contribution in [-0.2, 0) is 29.0 Å². The third kappa shape index (κ3) is 8.84. The van der Waals surface area contributed by atoms with Crippen LogP contribution < -0.4 is 20.1 Å². The van der Waals surface area contributed by atoms with E-state index in [9.17, 15) is 14.4 Å². The highest BCUT2D eigenvalue weighted by atomic mass is 32.2. The van der Waals surface area contributed by atoms with Crippen LogP contribution in [0, 0.1) is 6.92 Å². The Morgan fingerprint density at radius 2 is 1.91 bits per heavy atom.